The molecule has 0 amide bonds. The molecular weight excluding hydrogens is 230 g/mol. The van der Waals surface area contributed by atoms with E-state index in [2.05, 4.69) is 9.97 Å². The number of alkyl halides is 2. The van der Waals surface area contributed by atoms with Crippen molar-refractivity contribution >= 4 is 46.4 Å². The highest BCUT2D eigenvalue weighted by Crippen LogP contribution is 2.25. The van der Waals surface area contributed by atoms with Gasteiger partial charge in [0.1, 0.15) is 9.99 Å². The van der Waals surface area contributed by atoms with Crippen LogP contribution in [0.3, 0.4) is 0 Å². The maximum absolute atomic E-state index is 5.54. The fraction of sp³-hybridized carbons (Fsp3) is 0.200. The zero-order chi connectivity index (χ0) is 8.43. The summed E-state index contributed by atoms with van der Waals surface area (Å²) < 4.78 is 0. The van der Waals surface area contributed by atoms with E-state index < -0.39 is 4.84 Å². The van der Waals surface area contributed by atoms with E-state index in [0.717, 1.165) is 0 Å². The van der Waals surface area contributed by atoms with Crippen LogP contribution in [-0.4, -0.2) is 9.97 Å². The van der Waals surface area contributed by atoms with E-state index in [0.29, 0.717) is 5.69 Å². The number of nitrogens with zero attached hydrogens (tertiary/aromatic N) is 2. The minimum Gasteiger partial charge on any atom is -0.220 e. The first-order valence-electron chi connectivity index (χ1n) is 2.57. The van der Waals surface area contributed by atoms with Gasteiger partial charge >= 0.3 is 0 Å². The smallest absolute Gasteiger partial charge is 0.220 e. The second kappa shape index (κ2) is 3.76. The molecule has 0 aliphatic heterocycles. The highest BCUT2D eigenvalue weighted by Gasteiger charge is 2.07. The average molecular weight is 232 g/mol. The van der Waals surface area contributed by atoms with Gasteiger partial charge in [-0.2, -0.15) is 0 Å². The van der Waals surface area contributed by atoms with Gasteiger partial charge in [0.15, 0.2) is 0 Å². The molecule has 1 rings (SSSR count). The molecule has 0 saturated carbocycles. The molecule has 0 unspecified atom stereocenters. The van der Waals surface area contributed by atoms with Crippen molar-refractivity contribution in [1.82, 2.24) is 9.97 Å². The Morgan fingerprint density at radius 3 is 2.27 bits per heavy atom. The molecule has 2 nitrogen and oxygen atoms in total. The van der Waals surface area contributed by atoms with Crippen LogP contribution < -0.4 is 0 Å². The van der Waals surface area contributed by atoms with Crippen LogP contribution in [0.5, 0.6) is 0 Å². The average Bonchev–Trinajstić information content (AvgIpc) is 1.85. The summed E-state index contributed by atoms with van der Waals surface area (Å²) in [6.07, 6.45) is 0. The molecule has 0 aliphatic carbocycles. The van der Waals surface area contributed by atoms with E-state index in [-0.39, 0.29) is 10.4 Å². The van der Waals surface area contributed by atoms with Gasteiger partial charge in [-0.25, -0.2) is 9.97 Å². The highest BCUT2D eigenvalue weighted by atomic mass is 35.5. The van der Waals surface area contributed by atoms with Crippen molar-refractivity contribution in [3.63, 3.8) is 0 Å². The molecule has 1 aromatic rings. The number of hydrogen-bond acceptors (Lipinski definition) is 2. The third kappa shape index (κ3) is 2.64. The predicted molar refractivity (Wildman–Crippen MR) is 46.5 cm³/mol. The maximum atomic E-state index is 5.54. The topological polar surface area (TPSA) is 25.8 Å². The van der Waals surface area contributed by atoms with Crippen LogP contribution >= 0.6 is 46.4 Å². The molecule has 6 heteroatoms. The fourth-order valence-electron chi connectivity index (χ4n) is 0.518. The lowest BCUT2D eigenvalue weighted by Crippen LogP contribution is -1.91. The van der Waals surface area contributed by atoms with E-state index in [4.69, 9.17) is 46.4 Å². The molecule has 0 aromatic carbocycles. The van der Waals surface area contributed by atoms with Crippen molar-refractivity contribution in [3.8, 4) is 0 Å². The molecular formula is C5H2Cl4N2. The summed E-state index contributed by atoms with van der Waals surface area (Å²) in [6, 6.07) is 1.46. The second-order valence-corrected chi connectivity index (χ2v) is 3.51. The largest absolute Gasteiger partial charge is 0.224 e. The normalized spacial score (nSPS) is 10.6. The van der Waals surface area contributed by atoms with Gasteiger partial charge in [0, 0.05) is 0 Å². The molecule has 0 saturated heterocycles. The maximum Gasteiger partial charge on any atom is 0.224 e. The lowest BCUT2D eigenvalue weighted by molar-refractivity contribution is 1.07. The Morgan fingerprint density at radius 2 is 1.82 bits per heavy atom. The molecule has 1 heterocycles. The molecule has 0 aliphatic rings. The Morgan fingerprint density at radius 1 is 1.18 bits per heavy atom. The zero-order valence-electron chi connectivity index (χ0n) is 5.06. The Kier molecular flexibility index (Phi) is 3.19. The van der Waals surface area contributed by atoms with Gasteiger partial charge in [0.25, 0.3) is 0 Å². The predicted octanol–water partition coefficient (Wildman–Crippen LogP) is 3.26. The number of halogens is 4. The van der Waals surface area contributed by atoms with Crippen molar-refractivity contribution in [3.05, 3.63) is 22.2 Å². The van der Waals surface area contributed by atoms with Gasteiger partial charge in [0.2, 0.25) is 5.28 Å². The van der Waals surface area contributed by atoms with Crippen molar-refractivity contribution in [2.75, 3.05) is 0 Å². The van der Waals surface area contributed by atoms with E-state index >= 15 is 0 Å². The Labute approximate surface area is 83.4 Å². The first kappa shape index (κ1) is 9.33. The van der Waals surface area contributed by atoms with E-state index in [1.807, 2.05) is 0 Å². The van der Waals surface area contributed by atoms with Crippen LogP contribution in [0.1, 0.15) is 10.5 Å². The van der Waals surface area contributed by atoms with Crippen LogP contribution in [0.2, 0.25) is 10.4 Å². The number of rotatable bonds is 1. The fourth-order valence-corrected chi connectivity index (χ4v) is 1.17. The van der Waals surface area contributed by atoms with E-state index in [9.17, 15) is 0 Å². The van der Waals surface area contributed by atoms with Crippen LogP contribution in [-0.2, 0) is 0 Å². The highest BCUT2D eigenvalue weighted by molar-refractivity contribution is 6.44. The van der Waals surface area contributed by atoms with Gasteiger partial charge in [-0.1, -0.05) is 34.8 Å². The van der Waals surface area contributed by atoms with Gasteiger partial charge in [0.05, 0.1) is 5.69 Å². The second-order valence-electron chi connectivity index (χ2n) is 1.69. The third-order valence-electron chi connectivity index (χ3n) is 0.911. The third-order valence-corrected chi connectivity index (χ3v) is 1.72. The Balaban J connectivity index is 3.08. The molecule has 60 valence electrons. The number of aromatic nitrogens is 2. The lowest BCUT2D eigenvalue weighted by Gasteiger charge is -1.99. The molecule has 11 heavy (non-hydrogen) atoms. The van der Waals surface area contributed by atoms with Crippen molar-refractivity contribution in [1.29, 1.82) is 0 Å². The van der Waals surface area contributed by atoms with Gasteiger partial charge < -0.3 is 0 Å². The molecule has 0 bridgehead atoms. The van der Waals surface area contributed by atoms with E-state index in [1.165, 1.54) is 6.07 Å². The molecule has 1 aromatic heterocycles. The van der Waals surface area contributed by atoms with Gasteiger partial charge in [-0.15, -0.1) is 0 Å². The summed E-state index contributed by atoms with van der Waals surface area (Å²) >= 11 is 22.0. The quantitative estimate of drug-likeness (QED) is 0.421. The first-order chi connectivity index (χ1) is 5.09. The van der Waals surface area contributed by atoms with Crippen molar-refractivity contribution in [2.24, 2.45) is 0 Å². The van der Waals surface area contributed by atoms with Crippen LogP contribution in [0, 0.1) is 0 Å². The Bertz CT molecular complexity index is 242. The summed E-state index contributed by atoms with van der Waals surface area (Å²) in [7, 11) is 0. The zero-order valence-corrected chi connectivity index (χ0v) is 8.08. The van der Waals surface area contributed by atoms with Crippen LogP contribution in [0.25, 0.3) is 0 Å². The first-order valence-corrected chi connectivity index (χ1v) is 4.20. The minimum absolute atomic E-state index is 0.0406. The molecule has 0 spiro atoms. The Hall–Kier alpha value is 0.240. The monoisotopic (exact) mass is 230 g/mol. The minimum atomic E-state index is -0.729. The summed E-state index contributed by atoms with van der Waals surface area (Å²) in [5.74, 6) is 0. The number of hydrogen-bond donors (Lipinski definition) is 0. The van der Waals surface area contributed by atoms with Crippen LogP contribution in [0.15, 0.2) is 6.07 Å². The SMILES string of the molecule is Clc1cc(C(Cl)Cl)nc(Cl)n1. The van der Waals surface area contributed by atoms with Gasteiger partial charge in [-0.05, 0) is 17.7 Å². The standard InChI is InChI=1S/C5H2Cl4N2/c6-3-1-2(4(7)8)10-5(9)11-3/h1,4H. The molecule has 0 N–H and O–H groups in total. The van der Waals surface area contributed by atoms with Crippen molar-refractivity contribution in [2.45, 2.75) is 4.84 Å². The summed E-state index contributed by atoms with van der Waals surface area (Å²) in [5.41, 5.74) is 0.401. The molecule has 0 radical (unpaired) electrons. The summed E-state index contributed by atoms with van der Waals surface area (Å²) in [5, 5.41) is 0.269. The lowest BCUT2D eigenvalue weighted by atomic mass is 10.5. The van der Waals surface area contributed by atoms with Crippen molar-refractivity contribution < 1.29 is 0 Å². The van der Waals surface area contributed by atoms with Gasteiger partial charge in [-0.3, -0.25) is 0 Å². The summed E-state index contributed by atoms with van der Waals surface area (Å²) in [6.45, 7) is 0. The van der Waals surface area contributed by atoms with Crippen LogP contribution in [0.4, 0.5) is 0 Å². The summed E-state index contributed by atoms with van der Waals surface area (Å²) in [4.78, 5) is 6.63. The molecule has 0 atom stereocenters. The molecule has 0 fully saturated rings. The van der Waals surface area contributed by atoms with E-state index in [1.54, 1.807) is 0 Å².